The molecule has 0 aromatic heterocycles. The monoisotopic (exact) mass is 569 g/mol. The van der Waals surface area contributed by atoms with E-state index in [1.807, 2.05) is 0 Å². The molecule has 8 N–H and O–H groups in total. The minimum Gasteiger partial charge on any atom is -0.480 e. The number of carbonyl (C=O) groups is 6. The first-order valence-electron chi connectivity index (χ1n) is 10.9. The first-order chi connectivity index (χ1) is 16.9. The van der Waals surface area contributed by atoms with Crippen LogP contribution >= 0.6 is 36.2 Å². The quantitative estimate of drug-likeness (QED) is 0.0923. The molecule has 0 radical (unpaired) electrons. The summed E-state index contributed by atoms with van der Waals surface area (Å²) in [5.41, 5.74) is 11.9. The van der Waals surface area contributed by atoms with Gasteiger partial charge in [-0.25, -0.2) is 4.79 Å². The van der Waals surface area contributed by atoms with Crippen LogP contribution in [0.15, 0.2) is 0 Å². The van der Waals surface area contributed by atoms with Crippen molar-refractivity contribution in [2.75, 3.05) is 36.3 Å². The maximum atomic E-state index is 13.0. The fraction of sp³-hybridized carbons (Fsp3) is 0.700. The summed E-state index contributed by atoms with van der Waals surface area (Å²) in [5.74, 6) is -5.30. The summed E-state index contributed by atoms with van der Waals surface area (Å²) in [7, 11) is 0. The largest absolute Gasteiger partial charge is 0.480 e. The molecule has 13 nitrogen and oxygen atoms in total. The molecule has 0 heterocycles. The zero-order valence-corrected chi connectivity index (χ0v) is 22.7. The number of thiol groups is 1. The third-order valence-electron chi connectivity index (χ3n) is 4.86. The van der Waals surface area contributed by atoms with Crippen LogP contribution in [0.3, 0.4) is 0 Å². The average Bonchev–Trinajstić information content (AvgIpc) is 2.83. The van der Waals surface area contributed by atoms with E-state index in [0.717, 1.165) is 0 Å². The van der Waals surface area contributed by atoms with E-state index < -0.39 is 79.1 Å². The summed E-state index contributed by atoms with van der Waals surface area (Å²) < 4.78 is 0. The Balaban J connectivity index is 5.62. The number of hydrogen-bond donors (Lipinski definition) is 7. The number of thioether (sulfide) groups is 2. The Labute approximate surface area is 223 Å². The number of aliphatic carboxylic acids is 2. The highest BCUT2D eigenvalue weighted by atomic mass is 32.2. The molecule has 0 bridgehead atoms. The fourth-order valence-electron chi connectivity index (χ4n) is 2.89. The van der Waals surface area contributed by atoms with E-state index in [1.54, 1.807) is 12.5 Å². The zero-order valence-electron chi connectivity index (χ0n) is 20.2. The summed E-state index contributed by atoms with van der Waals surface area (Å²) in [6.07, 6.45) is 3.08. The van der Waals surface area contributed by atoms with E-state index in [2.05, 4.69) is 23.3 Å². The van der Waals surface area contributed by atoms with Gasteiger partial charge in [-0.3, -0.25) is 28.9 Å². The molecule has 4 amide bonds. The van der Waals surface area contributed by atoms with Crippen LogP contribution < -0.4 is 22.1 Å². The topological polar surface area (TPSA) is 222 Å². The van der Waals surface area contributed by atoms with Crippen molar-refractivity contribution >= 4 is 71.7 Å². The maximum absolute atomic E-state index is 13.0. The molecule has 16 heteroatoms. The van der Waals surface area contributed by atoms with Crippen LogP contribution in [0.25, 0.3) is 0 Å². The molecule has 36 heavy (non-hydrogen) atoms. The first-order valence-corrected chi connectivity index (χ1v) is 14.3. The SMILES string of the molecule is CSCCC(N)C(=O)N(C(=O)C(N)CCSC)[C@@H](CCC(=O)N[C@@H](CS)C(=O)NCC(=O)O)C(=O)O. The van der Waals surface area contributed by atoms with Gasteiger partial charge in [0, 0.05) is 12.2 Å². The number of imide groups is 1. The molecule has 0 rings (SSSR count). The van der Waals surface area contributed by atoms with E-state index in [4.69, 9.17) is 16.6 Å². The zero-order chi connectivity index (χ0) is 27.8. The summed E-state index contributed by atoms with van der Waals surface area (Å²) in [5, 5.41) is 22.9. The summed E-state index contributed by atoms with van der Waals surface area (Å²) in [6.45, 7) is -0.660. The Morgan fingerprint density at radius 2 is 1.42 bits per heavy atom. The molecule has 206 valence electrons. The lowest BCUT2D eigenvalue weighted by molar-refractivity contribution is -0.159. The maximum Gasteiger partial charge on any atom is 0.326 e. The van der Waals surface area contributed by atoms with Crippen molar-refractivity contribution in [2.24, 2.45) is 11.5 Å². The molecule has 0 aromatic rings. The summed E-state index contributed by atoms with van der Waals surface area (Å²) in [6, 6.07) is -5.18. The van der Waals surface area contributed by atoms with Crippen LogP contribution in [0.2, 0.25) is 0 Å². The third-order valence-corrected chi connectivity index (χ3v) is 6.52. The predicted molar refractivity (Wildman–Crippen MR) is 141 cm³/mol. The molecule has 0 fully saturated rings. The van der Waals surface area contributed by atoms with E-state index >= 15 is 0 Å². The van der Waals surface area contributed by atoms with Gasteiger partial charge in [-0.1, -0.05) is 0 Å². The minimum atomic E-state index is -1.72. The standard InChI is InChI=1S/C20H35N5O8S3/c1-35-7-5-11(21)18(30)25(19(31)12(22)6-8-36-2)14(20(32)33)3-4-15(26)24-13(10-34)17(29)23-9-16(27)28/h11-14,34H,3-10,21-22H2,1-2H3,(H,23,29)(H,24,26)(H,27,28)(H,32,33)/t11?,12?,13-,14-/m0/s1. The molecule has 0 aliphatic rings. The molecular weight excluding hydrogens is 534 g/mol. The first kappa shape index (κ1) is 34.0. The second-order valence-corrected chi connectivity index (χ2v) is 9.97. The van der Waals surface area contributed by atoms with Crippen molar-refractivity contribution in [3.8, 4) is 0 Å². The third kappa shape index (κ3) is 12.3. The van der Waals surface area contributed by atoms with E-state index in [-0.39, 0.29) is 18.6 Å². The van der Waals surface area contributed by atoms with Gasteiger partial charge in [0.1, 0.15) is 18.6 Å². The summed E-state index contributed by atoms with van der Waals surface area (Å²) >= 11 is 6.81. The molecular formula is C20H35N5O8S3. The van der Waals surface area contributed by atoms with E-state index in [9.17, 15) is 33.9 Å². The Bertz CT molecular complexity index is 762. The van der Waals surface area contributed by atoms with Gasteiger partial charge in [0.2, 0.25) is 23.6 Å². The Kier molecular flexibility index (Phi) is 17.2. The fourth-order valence-corrected chi connectivity index (χ4v) is 4.12. The number of nitrogens with one attached hydrogen (secondary N) is 2. The smallest absolute Gasteiger partial charge is 0.326 e. The highest BCUT2D eigenvalue weighted by Gasteiger charge is 2.39. The van der Waals surface area contributed by atoms with Crippen LogP contribution in [0.4, 0.5) is 0 Å². The molecule has 0 spiro atoms. The number of nitrogens with two attached hydrogens (primary N) is 2. The van der Waals surface area contributed by atoms with Crippen molar-refractivity contribution in [2.45, 2.75) is 49.9 Å². The highest BCUT2D eigenvalue weighted by molar-refractivity contribution is 7.98. The van der Waals surface area contributed by atoms with Gasteiger partial charge in [0.05, 0.1) is 12.1 Å². The Morgan fingerprint density at radius 3 is 1.81 bits per heavy atom. The van der Waals surface area contributed by atoms with Crippen molar-refractivity contribution in [1.29, 1.82) is 0 Å². The van der Waals surface area contributed by atoms with Gasteiger partial charge in [0.25, 0.3) is 0 Å². The van der Waals surface area contributed by atoms with Crippen molar-refractivity contribution in [3.63, 3.8) is 0 Å². The lowest BCUT2D eigenvalue weighted by Crippen LogP contribution is -2.58. The molecule has 0 saturated heterocycles. The molecule has 0 saturated carbocycles. The second kappa shape index (κ2) is 18.3. The Morgan fingerprint density at radius 1 is 0.917 bits per heavy atom. The van der Waals surface area contributed by atoms with E-state index in [1.165, 1.54) is 23.5 Å². The predicted octanol–water partition coefficient (Wildman–Crippen LogP) is -1.65. The molecule has 4 atom stereocenters. The van der Waals surface area contributed by atoms with Crippen LogP contribution in [-0.4, -0.2) is 111 Å². The van der Waals surface area contributed by atoms with Gasteiger partial charge in [-0.15, -0.1) is 0 Å². The number of amides is 4. The van der Waals surface area contributed by atoms with E-state index in [0.29, 0.717) is 16.4 Å². The Hall–Kier alpha value is -2.01. The van der Waals surface area contributed by atoms with Gasteiger partial charge < -0.3 is 32.3 Å². The number of rotatable bonds is 18. The van der Waals surface area contributed by atoms with Crippen molar-refractivity contribution < 1.29 is 39.0 Å². The van der Waals surface area contributed by atoms with Crippen LogP contribution in [0, 0.1) is 0 Å². The number of nitrogens with zero attached hydrogens (tertiary/aromatic N) is 1. The molecule has 0 aliphatic carbocycles. The molecule has 0 aromatic carbocycles. The van der Waals surface area contributed by atoms with Gasteiger partial charge in [-0.05, 0) is 43.3 Å². The van der Waals surface area contributed by atoms with Crippen molar-refractivity contribution in [3.05, 3.63) is 0 Å². The second-order valence-electron chi connectivity index (χ2n) is 7.63. The van der Waals surface area contributed by atoms with Crippen molar-refractivity contribution in [1.82, 2.24) is 15.5 Å². The number of hydrogen-bond acceptors (Lipinski definition) is 11. The number of carbonyl (C=O) groups excluding carboxylic acids is 4. The number of carboxylic acids is 2. The lowest BCUT2D eigenvalue weighted by atomic mass is 10.0. The van der Waals surface area contributed by atoms with Crippen LogP contribution in [-0.2, 0) is 28.8 Å². The normalized spacial score (nSPS) is 14.1. The lowest BCUT2D eigenvalue weighted by Gasteiger charge is -2.31. The van der Waals surface area contributed by atoms with Gasteiger partial charge >= 0.3 is 11.9 Å². The molecule has 2 unspecified atom stereocenters. The average molecular weight is 570 g/mol. The highest BCUT2D eigenvalue weighted by Crippen LogP contribution is 2.15. The molecule has 0 aliphatic heterocycles. The minimum absolute atomic E-state index is 0.156. The summed E-state index contributed by atoms with van der Waals surface area (Å²) in [4.78, 5) is 73.7. The van der Waals surface area contributed by atoms with Crippen LogP contribution in [0.5, 0.6) is 0 Å². The van der Waals surface area contributed by atoms with Gasteiger partial charge in [0.15, 0.2) is 0 Å². The van der Waals surface area contributed by atoms with Gasteiger partial charge in [-0.2, -0.15) is 36.2 Å². The number of carboxylic acid groups (broad SMARTS) is 2. The van der Waals surface area contributed by atoms with Crippen LogP contribution in [0.1, 0.15) is 25.7 Å².